The minimum atomic E-state index is -1.17. The summed E-state index contributed by atoms with van der Waals surface area (Å²) in [6.45, 7) is 0. The summed E-state index contributed by atoms with van der Waals surface area (Å²) in [6, 6.07) is 10.5. The Morgan fingerprint density at radius 2 is 1.87 bits per heavy atom. The zero-order valence-electron chi connectivity index (χ0n) is 15.2. The third-order valence-corrected chi connectivity index (χ3v) is 4.19. The van der Waals surface area contributed by atoms with Gasteiger partial charge in [0.05, 0.1) is 24.1 Å². The highest BCUT2D eigenvalue weighted by molar-refractivity contribution is 5.93. The number of carbonyl (C=O) groups is 2. The molecule has 3 aromatic rings. The van der Waals surface area contributed by atoms with E-state index in [2.05, 4.69) is 10.4 Å². The van der Waals surface area contributed by atoms with Crippen LogP contribution in [0.25, 0.3) is 5.69 Å². The third kappa shape index (κ3) is 4.41. The summed E-state index contributed by atoms with van der Waals surface area (Å²) in [4.78, 5) is 23.8. The number of aromatic hydroxyl groups is 1. The van der Waals surface area contributed by atoms with Crippen LogP contribution in [0.1, 0.15) is 34.1 Å². The third-order valence-electron chi connectivity index (χ3n) is 4.19. The van der Waals surface area contributed by atoms with E-state index in [-0.39, 0.29) is 11.4 Å². The molecule has 10 heteroatoms. The number of hydrogen-bond donors (Lipinski definition) is 3. The maximum absolute atomic E-state index is 14.0. The molecule has 3 rings (SSSR count). The van der Waals surface area contributed by atoms with Crippen LogP contribution in [0.4, 0.5) is 8.78 Å². The van der Waals surface area contributed by atoms with Gasteiger partial charge in [0.25, 0.3) is 5.91 Å². The summed E-state index contributed by atoms with van der Waals surface area (Å²) in [6.07, 6.45) is -0.447. The summed E-state index contributed by atoms with van der Waals surface area (Å²) >= 11 is 0. The quantitative estimate of drug-likeness (QED) is 0.571. The molecular weight excluding hydrogens is 398 g/mol. The maximum atomic E-state index is 14.0. The van der Waals surface area contributed by atoms with E-state index in [0.717, 1.165) is 22.9 Å². The first-order valence-corrected chi connectivity index (χ1v) is 8.55. The highest BCUT2D eigenvalue weighted by Gasteiger charge is 2.22. The largest absolute Gasteiger partial charge is 0.493 e. The van der Waals surface area contributed by atoms with Crippen molar-refractivity contribution >= 4 is 11.9 Å². The molecule has 30 heavy (non-hydrogen) atoms. The zero-order chi connectivity index (χ0) is 21.8. The Labute approximate surface area is 168 Å². The summed E-state index contributed by atoms with van der Waals surface area (Å²) in [5.74, 6) is -4.38. The fraction of sp³-hybridized carbons (Fsp3) is 0.100. The van der Waals surface area contributed by atoms with Crippen molar-refractivity contribution in [2.45, 2.75) is 12.5 Å². The molecule has 0 aliphatic rings. The zero-order valence-corrected chi connectivity index (χ0v) is 15.2. The van der Waals surface area contributed by atoms with Crippen molar-refractivity contribution in [3.63, 3.8) is 0 Å². The number of hydrogen-bond acceptors (Lipinski definition) is 5. The number of rotatable bonds is 6. The lowest BCUT2D eigenvalue weighted by Gasteiger charge is -2.16. The normalized spacial score (nSPS) is 11.5. The van der Waals surface area contributed by atoms with Crippen LogP contribution >= 0.6 is 0 Å². The molecular formula is C20H14F2N4O4. The smallest absolute Gasteiger partial charge is 0.305 e. The number of halogens is 2. The van der Waals surface area contributed by atoms with Crippen molar-refractivity contribution in [1.82, 2.24) is 15.1 Å². The molecule has 1 heterocycles. The fourth-order valence-corrected chi connectivity index (χ4v) is 2.76. The molecule has 3 N–H and O–H groups in total. The van der Waals surface area contributed by atoms with Gasteiger partial charge < -0.3 is 15.5 Å². The monoisotopic (exact) mass is 412 g/mol. The van der Waals surface area contributed by atoms with E-state index in [1.54, 1.807) is 0 Å². The van der Waals surface area contributed by atoms with Crippen LogP contribution in [0.15, 0.2) is 48.5 Å². The van der Waals surface area contributed by atoms with Gasteiger partial charge in [-0.1, -0.05) is 12.1 Å². The van der Waals surface area contributed by atoms with E-state index in [4.69, 9.17) is 10.4 Å². The van der Waals surface area contributed by atoms with Crippen molar-refractivity contribution < 1.29 is 28.6 Å². The van der Waals surface area contributed by atoms with Gasteiger partial charge in [0.2, 0.25) is 5.88 Å². The summed E-state index contributed by atoms with van der Waals surface area (Å²) in [5, 5.41) is 34.3. The average molecular weight is 412 g/mol. The van der Waals surface area contributed by atoms with Gasteiger partial charge in [-0.2, -0.15) is 15.0 Å². The van der Waals surface area contributed by atoms with Gasteiger partial charge in [0.1, 0.15) is 11.5 Å². The van der Waals surface area contributed by atoms with Crippen LogP contribution in [-0.4, -0.2) is 31.9 Å². The Morgan fingerprint density at radius 3 is 2.47 bits per heavy atom. The van der Waals surface area contributed by atoms with Crippen LogP contribution < -0.4 is 5.32 Å². The number of aliphatic carboxylic acids is 1. The lowest BCUT2D eigenvalue weighted by molar-refractivity contribution is -0.137. The number of amides is 1. The fourth-order valence-electron chi connectivity index (χ4n) is 2.76. The van der Waals surface area contributed by atoms with Crippen molar-refractivity contribution in [2.24, 2.45) is 0 Å². The van der Waals surface area contributed by atoms with E-state index in [9.17, 15) is 23.5 Å². The molecule has 0 bridgehead atoms. The van der Waals surface area contributed by atoms with E-state index in [1.165, 1.54) is 24.3 Å². The van der Waals surface area contributed by atoms with Crippen LogP contribution in [0, 0.1) is 23.0 Å². The molecule has 0 saturated carbocycles. The number of nitriles is 1. The van der Waals surface area contributed by atoms with E-state index in [0.29, 0.717) is 17.2 Å². The first kappa shape index (κ1) is 20.5. The molecule has 1 atom stereocenters. The second-order valence-corrected chi connectivity index (χ2v) is 6.25. The highest BCUT2D eigenvalue weighted by atomic mass is 19.1. The van der Waals surface area contributed by atoms with E-state index >= 15 is 0 Å². The molecule has 0 spiro atoms. The van der Waals surface area contributed by atoms with Gasteiger partial charge >= 0.3 is 5.97 Å². The highest BCUT2D eigenvalue weighted by Crippen LogP contribution is 2.23. The topological polar surface area (TPSA) is 128 Å². The molecule has 152 valence electrons. The number of aromatic nitrogens is 2. The second-order valence-electron chi connectivity index (χ2n) is 6.25. The predicted molar refractivity (Wildman–Crippen MR) is 98.8 cm³/mol. The number of carboxylic acid groups (broad SMARTS) is 1. The van der Waals surface area contributed by atoms with Gasteiger partial charge in [-0.15, -0.1) is 0 Å². The second kappa shape index (κ2) is 8.40. The Morgan fingerprint density at radius 1 is 1.17 bits per heavy atom. The Balaban J connectivity index is 1.87. The van der Waals surface area contributed by atoms with Gasteiger partial charge in [-0.3, -0.25) is 9.59 Å². The minimum absolute atomic E-state index is 0.276. The van der Waals surface area contributed by atoms with E-state index < -0.39 is 41.9 Å². The molecule has 2 aromatic carbocycles. The number of benzene rings is 2. The van der Waals surface area contributed by atoms with Gasteiger partial charge in [-0.25, -0.2) is 8.78 Å². The molecule has 0 saturated heterocycles. The van der Waals surface area contributed by atoms with E-state index in [1.807, 2.05) is 6.07 Å². The lowest BCUT2D eigenvalue weighted by atomic mass is 10.0. The predicted octanol–water partition coefficient (Wildman–Crippen LogP) is 2.67. The molecule has 1 amide bonds. The van der Waals surface area contributed by atoms with Crippen molar-refractivity contribution in [2.75, 3.05) is 0 Å². The van der Waals surface area contributed by atoms with Crippen LogP contribution in [0.5, 0.6) is 5.88 Å². The Bertz CT molecular complexity index is 1150. The Hall–Kier alpha value is -4.26. The standard InChI is InChI=1S/C20H14F2N4O4/c21-13-5-6-17(14(22)7-13)26-18(27)8-16(25-26)20(30)24-15(9-19(28)29)12-3-1-11(10-23)2-4-12/h1-8,15,27H,9H2,(H,24,30)(H,28,29)/t15-/m0/s1. The van der Waals surface area contributed by atoms with Crippen molar-refractivity contribution in [1.29, 1.82) is 5.26 Å². The molecule has 0 unspecified atom stereocenters. The minimum Gasteiger partial charge on any atom is -0.493 e. The molecule has 1 aromatic heterocycles. The molecule has 0 aliphatic carbocycles. The van der Waals surface area contributed by atoms with Crippen molar-refractivity contribution in [3.05, 3.63) is 77.0 Å². The number of carbonyl (C=O) groups excluding carboxylic acids is 1. The van der Waals surface area contributed by atoms with Crippen LogP contribution in [0.2, 0.25) is 0 Å². The van der Waals surface area contributed by atoms with Crippen molar-refractivity contribution in [3.8, 4) is 17.6 Å². The van der Waals surface area contributed by atoms with Gasteiger partial charge in [0.15, 0.2) is 11.5 Å². The molecule has 0 radical (unpaired) electrons. The first-order chi connectivity index (χ1) is 14.3. The maximum Gasteiger partial charge on any atom is 0.305 e. The number of nitrogens with zero attached hydrogens (tertiary/aromatic N) is 3. The summed E-state index contributed by atoms with van der Waals surface area (Å²) in [5.41, 5.74) is 0.226. The van der Waals surface area contributed by atoms with Crippen LogP contribution in [-0.2, 0) is 4.79 Å². The van der Waals surface area contributed by atoms with Gasteiger partial charge in [0, 0.05) is 12.1 Å². The summed E-state index contributed by atoms with van der Waals surface area (Å²) in [7, 11) is 0. The van der Waals surface area contributed by atoms with Crippen LogP contribution in [0.3, 0.4) is 0 Å². The number of nitrogens with one attached hydrogen (secondary N) is 1. The lowest BCUT2D eigenvalue weighted by Crippen LogP contribution is -2.30. The Kier molecular flexibility index (Phi) is 5.73. The SMILES string of the molecule is N#Cc1ccc([C@H](CC(=O)O)NC(=O)c2cc(O)n(-c3ccc(F)cc3F)n2)cc1. The molecule has 8 nitrogen and oxygen atoms in total. The molecule has 0 fully saturated rings. The van der Waals surface area contributed by atoms with Gasteiger partial charge in [-0.05, 0) is 29.8 Å². The molecule has 0 aliphatic heterocycles. The number of carboxylic acids is 1. The average Bonchev–Trinajstić information content (AvgIpc) is 3.09. The summed E-state index contributed by atoms with van der Waals surface area (Å²) < 4.78 is 27.8. The first-order valence-electron chi connectivity index (χ1n) is 8.55.